The van der Waals surface area contributed by atoms with Crippen molar-refractivity contribution in [3.63, 3.8) is 0 Å². The van der Waals surface area contributed by atoms with Crippen LogP contribution in [0.25, 0.3) is 0 Å². The molecule has 1 heterocycles. The van der Waals surface area contributed by atoms with Crippen molar-refractivity contribution in [2.45, 2.75) is 11.7 Å². The van der Waals surface area contributed by atoms with Gasteiger partial charge in [-0.15, -0.1) is 0 Å². The molecule has 1 atom stereocenters. The van der Waals surface area contributed by atoms with Crippen LogP contribution in [0.3, 0.4) is 0 Å². The lowest BCUT2D eigenvalue weighted by Crippen LogP contribution is -2.44. The third-order valence-corrected chi connectivity index (χ3v) is 5.15. The lowest BCUT2D eigenvalue weighted by molar-refractivity contribution is 0.544. The first-order valence-electron chi connectivity index (χ1n) is 5.25. The maximum absolute atomic E-state index is 11.8. The lowest BCUT2D eigenvalue weighted by atomic mass is 10.1. The molecule has 88 valence electrons. The van der Waals surface area contributed by atoms with Crippen LogP contribution in [-0.4, -0.2) is 32.5 Å². The van der Waals surface area contributed by atoms with Gasteiger partial charge in [-0.1, -0.05) is 23.7 Å². The van der Waals surface area contributed by atoms with Crippen LogP contribution in [0.5, 0.6) is 0 Å². The Bertz CT molecular complexity index is 473. The first kappa shape index (κ1) is 11.9. The van der Waals surface area contributed by atoms with Crippen LogP contribution < -0.4 is 5.32 Å². The van der Waals surface area contributed by atoms with Crippen LogP contribution in [0.1, 0.15) is 5.56 Å². The molecular formula is C11H14ClNO2S. The highest BCUT2D eigenvalue weighted by atomic mass is 35.5. The van der Waals surface area contributed by atoms with Gasteiger partial charge in [0.05, 0.1) is 11.0 Å². The topological polar surface area (TPSA) is 46.2 Å². The maximum atomic E-state index is 11.8. The van der Waals surface area contributed by atoms with Crippen LogP contribution in [0.15, 0.2) is 24.3 Å². The molecule has 3 nitrogen and oxygen atoms in total. The molecule has 1 aliphatic rings. The molecule has 0 aliphatic carbocycles. The zero-order valence-corrected chi connectivity index (χ0v) is 10.4. The molecule has 0 aromatic heterocycles. The van der Waals surface area contributed by atoms with Crippen molar-refractivity contribution < 1.29 is 8.42 Å². The quantitative estimate of drug-likeness (QED) is 0.870. The van der Waals surface area contributed by atoms with E-state index in [4.69, 9.17) is 11.6 Å². The molecule has 0 spiro atoms. The fourth-order valence-electron chi connectivity index (χ4n) is 1.90. The summed E-state index contributed by atoms with van der Waals surface area (Å²) in [6.45, 7) is 1.10. The molecule has 1 aromatic carbocycles. The molecule has 0 amide bonds. The number of hydrogen-bond acceptors (Lipinski definition) is 3. The fraction of sp³-hybridized carbons (Fsp3) is 0.455. The Kier molecular flexibility index (Phi) is 3.52. The summed E-state index contributed by atoms with van der Waals surface area (Å²) < 4.78 is 23.6. The minimum Gasteiger partial charge on any atom is -0.314 e. The van der Waals surface area contributed by atoms with Crippen molar-refractivity contribution in [3.8, 4) is 0 Å². The Balaban J connectivity index is 2.15. The van der Waals surface area contributed by atoms with Gasteiger partial charge in [0.1, 0.15) is 0 Å². The van der Waals surface area contributed by atoms with E-state index in [1.54, 1.807) is 6.07 Å². The Morgan fingerprint density at radius 1 is 1.44 bits per heavy atom. The monoisotopic (exact) mass is 259 g/mol. The fourth-order valence-corrected chi connectivity index (χ4v) is 3.69. The van der Waals surface area contributed by atoms with E-state index in [-0.39, 0.29) is 11.0 Å². The number of halogens is 1. The molecule has 16 heavy (non-hydrogen) atoms. The number of rotatable bonds is 2. The largest absolute Gasteiger partial charge is 0.314 e. The van der Waals surface area contributed by atoms with Crippen molar-refractivity contribution in [2.75, 3.05) is 18.8 Å². The standard InChI is InChI=1S/C11H14ClNO2S/c12-10-3-1-2-9(6-10)7-11-8-13-4-5-16(11,14)15/h1-3,6,11,13H,4-5,7-8H2. The molecule has 0 bridgehead atoms. The molecule has 0 radical (unpaired) electrons. The normalized spacial score (nSPS) is 24.2. The van der Waals surface area contributed by atoms with Gasteiger partial charge in [-0.2, -0.15) is 0 Å². The van der Waals surface area contributed by atoms with Gasteiger partial charge in [0, 0.05) is 18.1 Å². The molecule has 1 N–H and O–H groups in total. The highest BCUT2D eigenvalue weighted by Crippen LogP contribution is 2.16. The minimum atomic E-state index is -2.94. The first-order chi connectivity index (χ1) is 7.58. The van der Waals surface area contributed by atoms with Crippen molar-refractivity contribution in [3.05, 3.63) is 34.9 Å². The van der Waals surface area contributed by atoms with Crippen LogP contribution in [0.4, 0.5) is 0 Å². The van der Waals surface area contributed by atoms with E-state index >= 15 is 0 Å². The second-order valence-corrected chi connectivity index (χ2v) is 6.86. The van der Waals surface area contributed by atoms with E-state index in [0.29, 0.717) is 24.5 Å². The summed E-state index contributed by atoms with van der Waals surface area (Å²) in [5.41, 5.74) is 0.977. The molecule has 1 aromatic rings. The van der Waals surface area contributed by atoms with Gasteiger partial charge >= 0.3 is 0 Å². The van der Waals surface area contributed by atoms with E-state index in [9.17, 15) is 8.42 Å². The first-order valence-corrected chi connectivity index (χ1v) is 7.34. The maximum Gasteiger partial charge on any atom is 0.155 e. The Morgan fingerprint density at radius 2 is 2.25 bits per heavy atom. The third kappa shape index (κ3) is 2.75. The summed E-state index contributed by atoms with van der Waals surface area (Å²) in [5, 5.41) is 3.44. The van der Waals surface area contributed by atoms with Crippen LogP contribution in [-0.2, 0) is 16.3 Å². The summed E-state index contributed by atoms with van der Waals surface area (Å²) in [5.74, 6) is 0.234. The molecule has 1 unspecified atom stereocenters. The van der Waals surface area contributed by atoms with Gasteiger partial charge in [-0.3, -0.25) is 0 Å². The van der Waals surface area contributed by atoms with Crippen molar-refractivity contribution in [2.24, 2.45) is 0 Å². The van der Waals surface area contributed by atoms with E-state index in [1.165, 1.54) is 0 Å². The van der Waals surface area contributed by atoms with E-state index in [0.717, 1.165) is 5.56 Å². The Hall–Kier alpha value is -0.580. The minimum absolute atomic E-state index is 0.234. The molecular weight excluding hydrogens is 246 g/mol. The third-order valence-electron chi connectivity index (χ3n) is 2.80. The van der Waals surface area contributed by atoms with Crippen molar-refractivity contribution in [1.29, 1.82) is 0 Å². The van der Waals surface area contributed by atoms with Gasteiger partial charge in [0.15, 0.2) is 9.84 Å². The second-order valence-electron chi connectivity index (χ2n) is 4.03. The predicted octanol–water partition coefficient (Wildman–Crippen LogP) is 1.27. The van der Waals surface area contributed by atoms with Gasteiger partial charge in [0.2, 0.25) is 0 Å². The zero-order chi connectivity index (χ0) is 11.6. The average Bonchev–Trinajstić information content (AvgIpc) is 2.21. The lowest BCUT2D eigenvalue weighted by Gasteiger charge is -2.23. The summed E-state index contributed by atoms with van der Waals surface area (Å²) in [6.07, 6.45) is 0.538. The molecule has 1 saturated heterocycles. The van der Waals surface area contributed by atoms with Crippen LogP contribution in [0, 0.1) is 0 Å². The zero-order valence-electron chi connectivity index (χ0n) is 8.82. The average molecular weight is 260 g/mol. The van der Waals surface area contributed by atoms with E-state index in [2.05, 4.69) is 5.32 Å². The molecule has 5 heteroatoms. The highest BCUT2D eigenvalue weighted by Gasteiger charge is 2.28. The van der Waals surface area contributed by atoms with Crippen molar-refractivity contribution >= 4 is 21.4 Å². The van der Waals surface area contributed by atoms with Crippen molar-refractivity contribution in [1.82, 2.24) is 5.32 Å². The van der Waals surface area contributed by atoms with Gasteiger partial charge in [-0.05, 0) is 24.1 Å². The molecule has 0 saturated carbocycles. The van der Waals surface area contributed by atoms with E-state index in [1.807, 2.05) is 18.2 Å². The summed E-state index contributed by atoms with van der Waals surface area (Å²) in [4.78, 5) is 0. The summed E-state index contributed by atoms with van der Waals surface area (Å²) in [6, 6.07) is 7.38. The van der Waals surface area contributed by atoms with Crippen LogP contribution >= 0.6 is 11.6 Å². The SMILES string of the molecule is O=S1(=O)CCNCC1Cc1cccc(Cl)c1. The van der Waals surface area contributed by atoms with Gasteiger partial charge in [-0.25, -0.2) is 8.42 Å². The highest BCUT2D eigenvalue weighted by molar-refractivity contribution is 7.92. The van der Waals surface area contributed by atoms with Gasteiger partial charge in [0.25, 0.3) is 0 Å². The van der Waals surface area contributed by atoms with E-state index < -0.39 is 9.84 Å². The molecule has 2 rings (SSSR count). The van der Waals surface area contributed by atoms with Gasteiger partial charge < -0.3 is 5.32 Å². The Labute approximate surface area is 101 Å². The molecule has 1 fully saturated rings. The van der Waals surface area contributed by atoms with Crippen LogP contribution in [0.2, 0.25) is 5.02 Å². The molecule has 1 aliphatic heterocycles. The predicted molar refractivity (Wildman–Crippen MR) is 65.6 cm³/mol. The summed E-state index contributed by atoms with van der Waals surface area (Å²) in [7, 11) is -2.94. The summed E-state index contributed by atoms with van der Waals surface area (Å²) >= 11 is 5.87. The smallest absolute Gasteiger partial charge is 0.155 e. The second kappa shape index (κ2) is 4.73. The number of benzene rings is 1. The number of nitrogens with one attached hydrogen (secondary N) is 1. The Morgan fingerprint density at radius 3 is 2.94 bits per heavy atom. The number of hydrogen-bond donors (Lipinski definition) is 1. The number of sulfone groups is 1.